The summed E-state index contributed by atoms with van der Waals surface area (Å²) in [7, 11) is 0. The Balaban J connectivity index is 1.54. The first-order valence-electron chi connectivity index (χ1n) is 6.79. The first-order chi connectivity index (χ1) is 10.3. The summed E-state index contributed by atoms with van der Waals surface area (Å²) < 4.78 is 5.21. The summed E-state index contributed by atoms with van der Waals surface area (Å²) in [5.74, 6) is -0.145. The van der Waals surface area contributed by atoms with Gasteiger partial charge in [0, 0.05) is 18.7 Å². The first kappa shape index (κ1) is 13.5. The van der Waals surface area contributed by atoms with Gasteiger partial charge in [0.2, 0.25) is 0 Å². The van der Waals surface area contributed by atoms with Crippen LogP contribution in [0.2, 0.25) is 0 Å². The summed E-state index contributed by atoms with van der Waals surface area (Å²) in [6, 6.07) is 11.2. The number of nitrogens with one attached hydrogen (secondary N) is 2. The molecule has 1 aromatic carbocycles. The van der Waals surface area contributed by atoms with Crippen LogP contribution in [0.25, 0.3) is 11.1 Å². The van der Waals surface area contributed by atoms with Crippen molar-refractivity contribution >= 4 is 17.0 Å². The van der Waals surface area contributed by atoms with Crippen molar-refractivity contribution in [3.05, 3.63) is 59.5 Å². The lowest BCUT2D eigenvalue weighted by molar-refractivity contribution is 0.0950. The Hall–Kier alpha value is -2.53. The molecule has 0 aliphatic carbocycles. The average molecular weight is 284 g/mol. The van der Waals surface area contributed by atoms with Gasteiger partial charge < -0.3 is 19.8 Å². The van der Waals surface area contributed by atoms with Crippen molar-refractivity contribution in [1.29, 1.82) is 0 Å². The number of benzene rings is 1. The number of aromatic amines is 1. The predicted molar refractivity (Wildman–Crippen MR) is 79.0 cm³/mol. The molecule has 0 atom stereocenters. The van der Waals surface area contributed by atoms with E-state index in [1.54, 1.807) is 18.4 Å². The molecule has 0 aliphatic rings. The van der Waals surface area contributed by atoms with Crippen LogP contribution < -0.4 is 5.32 Å². The molecule has 0 saturated heterocycles. The van der Waals surface area contributed by atoms with Crippen LogP contribution in [-0.4, -0.2) is 22.5 Å². The fraction of sp³-hybridized carbons (Fsp3) is 0.188. The number of amides is 1. The maximum Gasteiger partial charge on any atom is 0.267 e. The minimum atomic E-state index is -0.145. The lowest BCUT2D eigenvalue weighted by Crippen LogP contribution is -2.25. The number of aromatic nitrogens is 1. The molecule has 0 fully saturated rings. The predicted octanol–water partition coefficient (Wildman–Crippen LogP) is 2.23. The van der Waals surface area contributed by atoms with Crippen LogP contribution in [0.15, 0.2) is 47.1 Å². The van der Waals surface area contributed by atoms with E-state index in [4.69, 9.17) is 9.52 Å². The van der Waals surface area contributed by atoms with Gasteiger partial charge in [-0.3, -0.25) is 4.79 Å². The molecule has 3 rings (SSSR count). The van der Waals surface area contributed by atoms with Crippen molar-refractivity contribution < 1.29 is 14.3 Å². The molecule has 0 spiro atoms. The molecule has 3 N–H and O–H groups in total. The van der Waals surface area contributed by atoms with Crippen molar-refractivity contribution in [2.75, 3.05) is 6.54 Å². The summed E-state index contributed by atoms with van der Waals surface area (Å²) >= 11 is 0. The standard InChI is InChI=1S/C16H16N2O3/c19-10-12-3-1-11(2-4-12)5-7-17-16(20)14-9-15-13(18-14)6-8-21-15/h1-4,6,8-9,18-19H,5,7,10H2,(H,17,20). The van der Waals surface area contributed by atoms with E-state index in [2.05, 4.69) is 10.3 Å². The number of fused-ring (bicyclic) bond motifs is 1. The highest BCUT2D eigenvalue weighted by Gasteiger charge is 2.10. The normalized spacial score (nSPS) is 10.9. The van der Waals surface area contributed by atoms with Crippen LogP contribution in [-0.2, 0) is 13.0 Å². The summed E-state index contributed by atoms with van der Waals surface area (Å²) in [4.78, 5) is 15.0. The van der Waals surface area contributed by atoms with Gasteiger partial charge in [0.05, 0.1) is 18.4 Å². The lowest BCUT2D eigenvalue weighted by atomic mass is 10.1. The molecule has 2 aromatic heterocycles. The largest absolute Gasteiger partial charge is 0.463 e. The van der Waals surface area contributed by atoms with Gasteiger partial charge >= 0.3 is 0 Å². The number of carbonyl (C=O) groups excluding carboxylic acids is 1. The molecular weight excluding hydrogens is 268 g/mol. The monoisotopic (exact) mass is 284 g/mol. The fourth-order valence-corrected chi connectivity index (χ4v) is 2.20. The van der Waals surface area contributed by atoms with Gasteiger partial charge in [0.15, 0.2) is 5.58 Å². The summed E-state index contributed by atoms with van der Waals surface area (Å²) in [6.07, 6.45) is 2.33. The number of aliphatic hydroxyl groups excluding tert-OH is 1. The fourth-order valence-electron chi connectivity index (χ4n) is 2.20. The molecule has 0 unspecified atom stereocenters. The van der Waals surface area contributed by atoms with E-state index in [1.807, 2.05) is 24.3 Å². The number of carbonyl (C=O) groups is 1. The van der Waals surface area contributed by atoms with E-state index >= 15 is 0 Å². The van der Waals surface area contributed by atoms with Crippen LogP contribution in [0.3, 0.4) is 0 Å². The lowest BCUT2D eigenvalue weighted by Gasteiger charge is -2.05. The van der Waals surface area contributed by atoms with Gasteiger partial charge in [-0.05, 0) is 17.5 Å². The van der Waals surface area contributed by atoms with Crippen LogP contribution in [0.5, 0.6) is 0 Å². The Morgan fingerprint density at radius 1 is 1.19 bits per heavy atom. The van der Waals surface area contributed by atoms with Crippen molar-refractivity contribution in [3.8, 4) is 0 Å². The van der Waals surface area contributed by atoms with Crippen LogP contribution in [0.1, 0.15) is 21.6 Å². The van der Waals surface area contributed by atoms with Crippen molar-refractivity contribution in [2.45, 2.75) is 13.0 Å². The maximum atomic E-state index is 12.0. The van der Waals surface area contributed by atoms with Crippen LogP contribution in [0.4, 0.5) is 0 Å². The minimum absolute atomic E-state index is 0.0467. The molecule has 0 aliphatic heterocycles. The molecule has 108 valence electrons. The summed E-state index contributed by atoms with van der Waals surface area (Å²) in [6.45, 7) is 0.600. The number of aliphatic hydroxyl groups is 1. The number of furan rings is 1. The second-order valence-corrected chi connectivity index (χ2v) is 4.86. The van der Waals surface area contributed by atoms with Gasteiger partial charge in [0.25, 0.3) is 5.91 Å². The topological polar surface area (TPSA) is 78.3 Å². The zero-order valence-electron chi connectivity index (χ0n) is 11.4. The second-order valence-electron chi connectivity index (χ2n) is 4.86. The molecule has 3 aromatic rings. The molecule has 2 heterocycles. The van der Waals surface area contributed by atoms with Gasteiger partial charge in [0.1, 0.15) is 5.69 Å². The van der Waals surface area contributed by atoms with E-state index < -0.39 is 0 Å². The Morgan fingerprint density at radius 3 is 2.67 bits per heavy atom. The molecular formula is C16H16N2O3. The zero-order chi connectivity index (χ0) is 14.7. The minimum Gasteiger partial charge on any atom is -0.463 e. The third kappa shape index (κ3) is 2.98. The SMILES string of the molecule is O=C(NCCc1ccc(CO)cc1)c1cc2occc2[nH]1. The van der Waals surface area contributed by atoms with E-state index in [9.17, 15) is 4.79 Å². The summed E-state index contributed by atoms with van der Waals surface area (Å²) in [5.41, 5.74) is 4.00. The molecule has 0 saturated carbocycles. The smallest absolute Gasteiger partial charge is 0.267 e. The molecule has 1 amide bonds. The van der Waals surface area contributed by atoms with E-state index in [-0.39, 0.29) is 12.5 Å². The highest BCUT2D eigenvalue weighted by Crippen LogP contribution is 2.15. The molecule has 5 heteroatoms. The van der Waals surface area contributed by atoms with Crippen molar-refractivity contribution in [3.63, 3.8) is 0 Å². The quantitative estimate of drug-likeness (QED) is 0.672. The van der Waals surface area contributed by atoms with Gasteiger partial charge in [-0.1, -0.05) is 24.3 Å². The highest BCUT2D eigenvalue weighted by molar-refractivity contribution is 5.96. The van der Waals surface area contributed by atoms with Gasteiger partial charge in [-0.2, -0.15) is 0 Å². The number of hydrogen-bond donors (Lipinski definition) is 3. The number of H-pyrrole nitrogens is 1. The Kier molecular flexibility index (Phi) is 3.75. The van der Waals surface area contributed by atoms with Gasteiger partial charge in [-0.25, -0.2) is 0 Å². The highest BCUT2D eigenvalue weighted by atomic mass is 16.3. The number of rotatable bonds is 5. The van der Waals surface area contributed by atoms with Crippen molar-refractivity contribution in [2.24, 2.45) is 0 Å². The number of hydrogen-bond acceptors (Lipinski definition) is 3. The Bertz CT molecular complexity index is 712. The zero-order valence-corrected chi connectivity index (χ0v) is 11.4. The van der Waals surface area contributed by atoms with E-state index in [0.29, 0.717) is 17.8 Å². The third-order valence-corrected chi connectivity index (χ3v) is 3.39. The summed E-state index contributed by atoms with van der Waals surface area (Å²) in [5, 5.41) is 11.8. The van der Waals surface area contributed by atoms with E-state index in [1.165, 1.54) is 0 Å². The van der Waals surface area contributed by atoms with Crippen molar-refractivity contribution in [1.82, 2.24) is 10.3 Å². The van der Waals surface area contributed by atoms with Crippen LogP contribution in [0, 0.1) is 0 Å². The molecule has 21 heavy (non-hydrogen) atoms. The second kappa shape index (κ2) is 5.85. The van der Waals surface area contributed by atoms with Crippen LogP contribution >= 0.6 is 0 Å². The molecule has 0 radical (unpaired) electrons. The van der Waals surface area contributed by atoms with E-state index in [0.717, 1.165) is 23.1 Å². The first-order valence-corrected chi connectivity index (χ1v) is 6.79. The maximum absolute atomic E-state index is 12.0. The Morgan fingerprint density at radius 2 is 1.95 bits per heavy atom. The average Bonchev–Trinajstić information content (AvgIpc) is 3.09. The van der Waals surface area contributed by atoms with Gasteiger partial charge in [-0.15, -0.1) is 0 Å². The Labute approximate surface area is 121 Å². The molecule has 5 nitrogen and oxygen atoms in total. The molecule has 0 bridgehead atoms. The third-order valence-electron chi connectivity index (χ3n) is 3.39.